The number of rotatable bonds is 2. The van der Waals surface area contributed by atoms with Crippen LogP contribution in [0.3, 0.4) is 0 Å². The van der Waals surface area contributed by atoms with Crippen molar-refractivity contribution in [3.63, 3.8) is 0 Å². The van der Waals surface area contributed by atoms with Crippen molar-refractivity contribution in [1.82, 2.24) is 4.90 Å². The van der Waals surface area contributed by atoms with E-state index in [-0.39, 0.29) is 5.91 Å². The van der Waals surface area contributed by atoms with Gasteiger partial charge in [0, 0.05) is 6.54 Å². The van der Waals surface area contributed by atoms with Crippen LogP contribution in [0.4, 0.5) is 0 Å². The lowest BCUT2D eigenvalue weighted by atomic mass is 9.94. The predicted molar refractivity (Wildman–Crippen MR) is 72.1 cm³/mol. The second kappa shape index (κ2) is 5.15. The molecule has 2 rings (SSSR count). The molecule has 0 aromatic heterocycles. The van der Waals surface area contributed by atoms with Crippen LogP contribution < -0.4 is 0 Å². The summed E-state index contributed by atoms with van der Waals surface area (Å²) in [6.07, 6.45) is 9.84. The third kappa shape index (κ3) is 2.38. The molecule has 1 unspecified atom stereocenters. The topological polar surface area (TPSA) is 20.3 Å². The quantitative estimate of drug-likeness (QED) is 0.428. The Morgan fingerprint density at radius 3 is 3.00 bits per heavy atom. The maximum atomic E-state index is 12.0. The summed E-state index contributed by atoms with van der Waals surface area (Å²) in [7, 11) is 0. The van der Waals surface area contributed by atoms with Gasteiger partial charge in [-0.05, 0) is 32.1 Å². The fourth-order valence-corrected chi connectivity index (χ4v) is 3.42. The van der Waals surface area contributed by atoms with E-state index < -0.39 is 0 Å². The predicted octanol–water partition coefficient (Wildman–Crippen LogP) is 3.11. The first kappa shape index (κ1) is 11.9. The Hall–Kier alpha value is -0.610. The van der Waals surface area contributed by atoms with E-state index in [1.54, 1.807) is 4.90 Å². The summed E-state index contributed by atoms with van der Waals surface area (Å²) in [5.41, 5.74) is 0. The second-order valence-electron chi connectivity index (χ2n) is 3.99. The summed E-state index contributed by atoms with van der Waals surface area (Å²) >= 11 is 6.62. The van der Waals surface area contributed by atoms with Gasteiger partial charge in [0.25, 0.3) is 5.91 Å². The normalized spacial score (nSPS) is 28.2. The van der Waals surface area contributed by atoms with Crippen LogP contribution >= 0.6 is 24.0 Å². The van der Waals surface area contributed by atoms with Gasteiger partial charge in [0.15, 0.2) is 0 Å². The maximum Gasteiger partial charge on any atom is 0.265 e. The Morgan fingerprint density at radius 1 is 1.62 bits per heavy atom. The van der Waals surface area contributed by atoms with Crippen molar-refractivity contribution in [2.45, 2.75) is 26.2 Å². The average molecular weight is 253 g/mol. The van der Waals surface area contributed by atoms with Gasteiger partial charge in [0.2, 0.25) is 0 Å². The number of thiocarbonyl (C=S) groups is 1. The Kier molecular flexibility index (Phi) is 3.82. The molecule has 0 saturated carbocycles. The fourth-order valence-electron chi connectivity index (χ4n) is 1.97. The van der Waals surface area contributed by atoms with Gasteiger partial charge in [0.1, 0.15) is 4.32 Å². The molecule has 1 heterocycles. The highest BCUT2D eigenvalue weighted by molar-refractivity contribution is 8.26. The summed E-state index contributed by atoms with van der Waals surface area (Å²) in [6.45, 7) is 2.63. The number of allylic oxidation sites excluding steroid dienone is 3. The summed E-state index contributed by atoms with van der Waals surface area (Å²) in [4.78, 5) is 14.4. The molecule has 4 heteroatoms. The maximum absolute atomic E-state index is 12.0. The number of carbonyl (C=O) groups is 1. The van der Waals surface area contributed by atoms with Crippen LogP contribution in [-0.4, -0.2) is 21.7 Å². The molecule has 1 fully saturated rings. The van der Waals surface area contributed by atoms with E-state index in [0.717, 1.165) is 24.2 Å². The van der Waals surface area contributed by atoms with Crippen molar-refractivity contribution in [2.75, 3.05) is 6.54 Å². The van der Waals surface area contributed by atoms with Crippen molar-refractivity contribution in [3.8, 4) is 0 Å². The van der Waals surface area contributed by atoms with E-state index in [1.807, 2.05) is 6.92 Å². The molecule has 1 amide bonds. The SMILES string of the molecule is CCN1C(=O)/C(=C\C2CC=CCC2)SC1=S. The van der Waals surface area contributed by atoms with Crippen molar-refractivity contribution in [3.05, 3.63) is 23.1 Å². The standard InChI is InChI=1S/C12H15NOS2/c1-2-13-11(14)10(16-12(13)15)8-9-6-4-3-5-7-9/h3-4,8-9H,2,5-7H2,1H3/b10-8+. The molecule has 1 saturated heterocycles. The van der Waals surface area contributed by atoms with E-state index in [9.17, 15) is 4.79 Å². The lowest BCUT2D eigenvalue weighted by molar-refractivity contribution is -0.122. The zero-order chi connectivity index (χ0) is 11.5. The minimum atomic E-state index is 0.0899. The number of amides is 1. The molecule has 2 nitrogen and oxygen atoms in total. The minimum absolute atomic E-state index is 0.0899. The molecule has 1 aliphatic heterocycles. The molecule has 0 N–H and O–H groups in total. The summed E-state index contributed by atoms with van der Waals surface area (Å²) < 4.78 is 0.699. The Balaban J connectivity index is 2.10. The van der Waals surface area contributed by atoms with Crippen molar-refractivity contribution in [2.24, 2.45) is 5.92 Å². The molecule has 0 aromatic carbocycles. The zero-order valence-corrected chi connectivity index (χ0v) is 10.9. The molecule has 0 spiro atoms. The van der Waals surface area contributed by atoms with Gasteiger partial charge in [-0.3, -0.25) is 9.69 Å². The lowest BCUT2D eigenvalue weighted by Gasteiger charge is -2.13. The highest BCUT2D eigenvalue weighted by Gasteiger charge is 2.31. The lowest BCUT2D eigenvalue weighted by Crippen LogP contribution is -2.27. The number of hydrogen-bond donors (Lipinski definition) is 0. The van der Waals surface area contributed by atoms with Crippen LogP contribution in [-0.2, 0) is 4.79 Å². The van der Waals surface area contributed by atoms with Gasteiger partial charge < -0.3 is 0 Å². The summed E-state index contributed by atoms with van der Waals surface area (Å²) in [6, 6.07) is 0. The van der Waals surface area contributed by atoms with Crippen LogP contribution in [0.5, 0.6) is 0 Å². The van der Waals surface area contributed by atoms with E-state index in [2.05, 4.69) is 18.2 Å². The first-order valence-corrected chi connectivity index (χ1v) is 6.85. The zero-order valence-electron chi connectivity index (χ0n) is 9.31. The van der Waals surface area contributed by atoms with Crippen molar-refractivity contribution < 1.29 is 4.79 Å². The van der Waals surface area contributed by atoms with E-state index in [4.69, 9.17) is 12.2 Å². The highest BCUT2D eigenvalue weighted by atomic mass is 32.2. The molecule has 0 bridgehead atoms. The average Bonchev–Trinajstić information content (AvgIpc) is 2.55. The molecule has 0 aromatic rings. The molecule has 16 heavy (non-hydrogen) atoms. The summed E-state index contributed by atoms with van der Waals surface area (Å²) in [5, 5.41) is 0. The molecule has 1 atom stereocenters. The van der Waals surface area contributed by atoms with Gasteiger partial charge in [-0.2, -0.15) is 0 Å². The smallest absolute Gasteiger partial charge is 0.265 e. The first-order valence-electron chi connectivity index (χ1n) is 5.63. The first-order chi connectivity index (χ1) is 7.72. The van der Waals surface area contributed by atoms with Crippen LogP contribution in [0.15, 0.2) is 23.1 Å². The van der Waals surface area contributed by atoms with Gasteiger partial charge >= 0.3 is 0 Å². The Morgan fingerprint density at radius 2 is 2.44 bits per heavy atom. The van der Waals surface area contributed by atoms with Gasteiger partial charge in [0.05, 0.1) is 4.91 Å². The molecule has 2 aliphatic rings. The number of likely N-dealkylation sites (N-methyl/N-ethyl adjacent to an activating group) is 1. The van der Waals surface area contributed by atoms with Crippen LogP contribution in [0.25, 0.3) is 0 Å². The van der Waals surface area contributed by atoms with Crippen LogP contribution in [0.1, 0.15) is 26.2 Å². The molecule has 0 radical (unpaired) electrons. The second-order valence-corrected chi connectivity index (χ2v) is 5.67. The molecular formula is C12H15NOS2. The molecular weight excluding hydrogens is 238 g/mol. The van der Waals surface area contributed by atoms with Gasteiger partial charge in [-0.25, -0.2) is 0 Å². The van der Waals surface area contributed by atoms with E-state index >= 15 is 0 Å². The van der Waals surface area contributed by atoms with Crippen molar-refractivity contribution in [1.29, 1.82) is 0 Å². The third-order valence-electron chi connectivity index (χ3n) is 2.89. The molecule has 86 valence electrons. The minimum Gasteiger partial charge on any atom is -0.293 e. The summed E-state index contributed by atoms with van der Waals surface area (Å²) in [5.74, 6) is 0.600. The number of nitrogens with zero attached hydrogens (tertiary/aromatic N) is 1. The van der Waals surface area contributed by atoms with E-state index in [1.165, 1.54) is 11.8 Å². The third-order valence-corrected chi connectivity index (χ3v) is 4.28. The highest BCUT2D eigenvalue weighted by Crippen LogP contribution is 2.33. The largest absolute Gasteiger partial charge is 0.293 e. The van der Waals surface area contributed by atoms with Gasteiger partial charge in [-0.1, -0.05) is 42.2 Å². The monoisotopic (exact) mass is 253 g/mol. The number of carbonyl (C=O) groups excluding carboxylic acids is 1. The number of hydrogen-bond acceptors (Lipinski definition) is 3. The number of thioether (sulfide) groups is 1. The Labute approximate surface area is 106 Å². The fraction of sp³-hybridized carbons (Fsp3) is 0.500. The van der Waals surface area contributed by atoms with Crippen molar-refractivity contribution >= 4 is 34.2 Å². The van der Waals surface area contributed by atoms with Gasteiger partial charge in [-0.15, -0.1) is 0 Å². The van der Waals surface area contributed by atoms with E-state index in [0.29, 0.717) is 16.8 Å². The Bertz CT molecular complexity index is 373. The van der Waals surface area contributed by atoms with Crippen LogP contribution in [0.2, 0.25) is 0 Å². The van der Waals surface area contributed by atoms with Crippen LogP contribution in [0, 0.1) is 5.92 Å². The molecule has 1 aliphatic carbocycles.